The van der Waals surface area contributed by atoms with Gasteiger partial charge in [0.25, 0.3) is 0 Å². The van der Waals surface area contributed by atoms with Crippen molar-refractivity contribution in [2.45, 2.75) is 6.92 Å². The molecule has 0 aromatic heterocycles. The topological polar surface area (TPSA) is 96.2 Å². The second-order valence-electron chi connectivity index (χ2n) is 4.87. The van der Waals surface area contributed by atoms with Crippen molar-refractivity contribution in [1.29, 1.82) is 0 Å². The summed E-state index contributed by atoms with van der Waals surface area (Å²) in [4.78, 5) is 23.3. The number of hydrogen-bond donors (Lipinski definition) is 4. The van der Waals surface area contributed by atoms with Crippen molar-refractivity contribution in [2.24, 2.45) is 5.73 Å². The van der Waals surface area contributed by atoms with E-state index in [2.05, 4.69) is 16.0 Å². The van der Waals surface area contributed by atoms with Crippen LogP contribution in [0, 0.1) is 6.92 Å². The van der Waals surface area contributed by atoms with Crippen LogP contribution in [0.25, 0.3) is 0 Å². The minimum atomic E-state index is -0.380. The molecule has 5 N–H and O–H groups in total. The summed E-state index contributed by atoms with van der Waals surface area (Å²) in [6.45, 7) is 1.74. The molecule has 0 spiro atoms. The number of halogens is 1. The molecule has 23 heavy (non-hydrogen) atoms. The van der Waals surface area contributed by atoms with Gasteiger partial charge in [0.15, 0.2) is 0 Å². The average molecular weight is 333 g/mol. The lowest BCUT2D eigenvalue weighted by molar-refractivity contribution is -0.114. The highest BCUT2D eigenvalue weighted by atomic mass is 35.5. The fraction of sp³-hybridized carbons (Fsp3) is 0.125. The molecule has 0 bridgehead atoms. The fourth-order valence-corrected chi connectivity index (χ4v) is 2.13. The normalized spacial score (nSPS) is 10.0. The van der Waals surface area contributed by atoms with Crippen molar-refractivity contribution < 1.29 is 9.59 Å². The third-order valence-corrected chi connectivity index (χ3v) is 3.26. The number of carbonyl (C=O) groups excluding carboxylic acids is 2. The maximum absolute atomic E-state index is 12.0. The largest absolute Gasteiger partial charge is 0.325 e. The number of nitrogens with two attached hydrogens (primary N) is 1. The molecule has 0 saturated carbocycles. The molecule has 3 amide bonds. The third-order valence-electron chi connectivity index (χ3n) is 3.03. The second-order valence-corrected chi connectivity index (χ2v) is 5.31. The van der Waals surface area contributed by atoms with Crippen LogP contribution in [-0.2, 0) is 4.79 Å². The molecular formula is C16H17ClN4O2. The smallest absolute Gasteiger partial charge is 0.323 e. The molecule has 0 saturated heterocycles. The van der Waals surface area contributed by atoms with Crippen molar-refractivity contribution in [1.82, 2.24) is 0 Å². The molecule has 6 nitrogen and oxygen atoms in total. The van der Waals surface area contributed by atoms with E-state index in [0.29, 0.717) is 22.1 Å². The molecule has 0 aliphatic heterocycles. The summed E-state index contributed by atoms with van der Waals surface area (Å²) in [5.41, 5.74) is 7.91. The van der Waals surface area contributed by atoms with E-state index in [1.54, 1.807) is 42.5 Å². The van der Waals surface area contributed by atoms with E-state index in [9.17, 15) is 9.59 Å². The molecule has 2 aromatic rings. The molecule has 0 unspecified atom stereocenters. The number of aryl methyl sites for hydroxylation is 1. The van der Waals surface area contributed by atoms with Gasteiger partial charge in [0.2, 0.25) is 5.91 Å². The van der Waals surface area contributed by atoms with Gasteiger partial charge in [-0.25, -0.2) is 4.79 Å². The summed E-state index contributed by atoms with van der Waals surface area (Å²) in [6.07, 6.45) is 0. The number of rotatable bonds is 4. The van der Waals surface area contributed by atoms with Crippen molar-refractivity contribution in [3.8, 4) is 0 Å². The van der Waals surface area contributed by atoms with Gasteiger partial charge < -0.3 is 21.7 Å². The van der Waals surface area contributed by atoms with Crippen LogP contribution in [0.3, 0.4) is 0 Å². The maximum Gasteiger partial charge on any atom is 0.323 e. The highest BCUT2D eigenvalue weighted by molar-refractivity contribution is 6.30. The Balaban J connectivity index is 2.02. The fourth-order valence-electron chi connectivity index (χ4n) is 1.94. The van der Waals surface area contributed by atoms with Crippen molar-refractivity contribution >= 4 is 40.6 Å². The number of urea groups is 1. The van der Waals surface area contributed by atoms with Crippen molar-refractivity contribution in [3.05, 3.63) is 53.1 Å². The zero-order valence-corrected chi connectivity index (χ0v) is 13.3. The second kappa shape index (κ2) is 7.62. The third kappa shape index (κ3) is 4.98. The van der Waals surface area contributed by atoms with E-state index in [-0.39, 0.29) is 18.5 Å². The molecule has 0 fully saturated rings. The van der Waals surface area contributed by atoms with Crippen molar-refractivity contribution in [2.75, 3.05) is 22.5 Å². The van der Waals surface area contributed by atoms with E-state index in [1.165, 1.54) is 0 Å². The molecule has 2 aromatic carbocycles. The summed E-state index contributed by atoms with van der Waals surface area (Å²) >= 11 is 5.87. The summed E-state index contributed by atoms with van der Waals surface area (Å²) in [6, 6.07) is 11.6. The molecule has 0 atom stereocenters. The number of amides is 3. The standard InChI is InChI=1S/C16H17ClN4O2/c1-10-7-13(19-15(22)9-18)5-6-14(10)21-16(23)20-12-4-2-3-11(17)8-12/h2-8H,9,18H2,1H3,(H,19,22)(H2,20,21,23). The van der Waals surface area contributed by atoms with Gasteiger partial charge in [-0.2, -0.15) is 0 Å². The van der Waals surface area contributed by atoms with E-state index >= 15 is 0 Å². The first-order chi connectivity index (χ1) is 11.0. The number of anilines is 3. The molecule has 7 heteroatoms. The summed E-state index contributed by atoms with van der Waals surface area (Å²) < 4.78 is 0. The van der Waals surface area contributed by atoms with Gasteiger partial charge in [-0.15, -0.1) is 0 Å². The van der Waals surface area contributed by atoms with Crippen LogP contribution in [-0.4, -0.2) is 18.5 Å². The lowest BCUT2D eigenvalue weighted by atomic mass is 10.1. The van der Waals surface area contributed by atoms with Gasteiger partial charge in [-0.3, -0.25) is 4.79 Å². The first-order valence-corrected chi connectivity index (χ1v) is 7.30. The number of nitrogens with one attached hydrogen (secondary N) is 3. The van der Waals surface area contributed by atoms with Crippen LogP contribution in [0.15, 0.2) is 42.5 Å². The van der Waals surface area contributed by atoms with Crippen LogP contribution >= 0.6 is 11.6 Å². The molecule has 0 aliphatic carbocycles. The number of hydrogen-bond acceptors (Lipinski definition) is 3. The Morgan fingerprint density at radius 1 is 1.04 bits per heavy atom. The van der Waals surface area contributed by atoms with Gasteiger partial charge in [0.05, 0.1) is 6.54 Å². The molecule has 0 radical (unpaired) electrons. The average Bonchev–Trinajstić information content (AvgIpc) is 2.50. The Bertz CT molecular complexity index is 734. The minimum Gasteiger partial charge on any atom is -0.325 e. The zero-order chi connectivity index (χ0) is 16.8. The van der Waals surface area contributed by atoms with Crippen LogP contribution < -0.4 is 21.7 Å². The predicted molar refractivity (Wildman–Crippen MR) is 93.0 cm³/mol. The van der Waals surface area contributed by atoms with Gasteiger partial charge >= 0.3 is 6.03 Å². The van der Waals surface area contributed by atoms with Crippen LogP contribution in [0.5, 0.6) is 0 Å². The lowest BCUT2D eigenvalue weighted by Crippen LogP contribution is -2.22. The Hall–Kier alpha value is -2.57. The van der Waals surface area contributed by atoms with Crippen LogP contribution in [0.1, 0.15) is 5.56 Å². The predicted octanol–water partition coefficient (Wildman–Crippen LogP) is 3.19. The SMILES string of the molecule is Cc1cc(NC(=O)CN)ccc1NC(=O)Nc1cccc(Cl)c1. The van der Waals surface area contributed by atoms with Gasteiger partial charge in [-0.1, -0.05) is 17.7 Å². The summed E-state index contributed by atoms with van der Waals surface area (Å²) in [5, 5.41) is 8.63. The molecule has 2 rings (SSSR count). The van der Waals surface area contributed by atoms with E-state index in [1.807, 2.05) is 6.92 Å². The number of carbonyl (C=O) groups is 2. The van der Waals surface area contributed by atoms with Gasteiger partial charge in [0, 0.05) is 22.1 Å². The summed E-state index contributed by atoms with van der Waals surface area (Å²) in [5.74, 6) is -0.274. The Morgan fingerprint density at radius 2 is 1.78 bits per heavy atom. The monoisotopic (exact) mass is 332 g/mol. The zero-order valence-electron chi connectivity index (χ0n) is 12.5. The van der Waals surface area contributed by atoms with Gasteiger partial charge in [0.1, 0.15) is 0 Å². The van der Waals surface area contributed by atoms with Crippen LogP contribution in [0.2, 0.25) is 5.02 Å². The number of benzene rings is 2. The highest BCUT2D eigenvalue weighted by Gasteiger charge is 2.07. The quantitative estimate of drug-likeness (QED) is 0.692. The Kier molecular flexibility index (Phi) is 5.56. The van der Waals surface area contributed by atoms with E-state index in [4.69, 9.17) is 17.3 Å². The molecule has 0 heterocycles. The van der Waals surface area contributed by atoms with E-state index in [0.717, 1.165) is 5.56 Å². The minimum absolute atomic E-state index is 0.0823. The van der Waals surface area contributed by atoms with E-state index < -0.39 is 0 Å². The Labute approximate surface area is 139 Å². The molecule has 0 aliphatic rings. The van der Waals surface area contributed by atoms with Gasteiger partial charge in [-0.05, 0) is 48.9 Å². The molecule has 120 valence electrons. The summed E-state index contributed by atoms with van der Waals surface area (Å²) in [7, 11) is 0. The highest BCUT2D eigenvalue weighted by Crippen LogP contribution is 2.20. The molecular weight excluding hydrogens is 316 g/mol. The first-order valence-electron chi connectivity index (χ1n) is 6.92. The maximum atomic E-state index is 12.0. The first kappa shape index (κ1) is 16.8. The Morgan fingerprint density at radius 3 is 2.43 bits per heavy atom. The van der Waals surface area contributed by atoms with Crippen LogP contribution in [0.4, 0.5) is 21.9 Å². The lowest BCUT2D eigenvalue weighted by Gasteiger charge is -2.12. The van der Waals surface area contributed by atoms with Crippen molar-refractivity contribution in [3.63, 3.8) is 0 Å².